The highest BCUT2D eigenvalue weighted by Crippen LogP contribution is 2.29. The molecule has 0 saturated heterocycles. The molecule has 0 saturated carbocycles. The summed E-state index contributed by atoms with van der Waals surface area (Å²) in [5, 5.41) is 10.6. The Morgan fingerprint density at radius 1 is 1.58 bits per heavy atom. The zero-order valence-corrected chi connectivity index (χ0v) is 12.4. The number of unbranched alkanes of at least 4 members (excludes halogenated alkanes) is 1. The predicted octanol–water partition coefficient (Wildman–Crippen LogP) is 1.68. The van der Waals surface area contributed by atoms with E-state index in [0.29, 0.717) is 6.42 Å². The molecule has 1 unspecified atom stereocenters. The second-order valence-corrected chi connectivity index (χ2v) is 6.76. The second kappa shape index (κ2) is 6.88. The number of carbonyl (C=O) groups is 1. The van der Waals surface area contributed by atoms with Gasteiger partial charge in [0.1, 0.15) is 11.8 Å². The van der Waals surface area contributed by atoms with Gasteiger partial charge in [-0.25, -0.2) is 8.42 Å². The Bertz CT molecular complexity index is 523. The van der Waals surface area contributed by atoms with Gasteiger partial charge < -0.3 is 9.84 Å². The van der Waals surface area contributed by atoms with Gasteiger partial charge >= 0.3 is 5.97 Å². The highest BCUT2D eigenvalue weighted by molar-refractivity contribution is 7.91. The SMILES string of the molecule is CCCCC(NS(=O)(=O)c1sccc1OC)C(=O)O. The third-order valence-corrected chi connectivity index (χ3v) is 5.42. The molecule has 1 rings (SSSR count). The molecule has 0 radical (unpaired) electrons. The van der Waals surface area contributed by atoms with Crippen LogP contribution in [0.2, 0.25) is 0 Å². The van der Waals surface area contributed by atoms with E-state index < -0.39 is 22.0 Å². The van der Waals surface area contributed by atoms with E-state index in [2.05, 4.69) is 4.72 Å². The van der Waals surface area contributed by atoms with Crippen LogP contribution in [-0.4, -0.2) is 32.6 Å². The summed E-state index contributed by atoms with van der Waals surface area (Å²) in [5.74, 6) is -0.954. The molecule has 2 N–H and O–H groups in total. The number of sulfonamides is 1. The van der Waals surface area contributed by atoms with Crippen molar-refractivity contribution >= 4 is 27.3 Å². The summed E-state index contributed by atoms with van der Waals surface area (Å²) in [6, 6.07) is 0.415. The zero-order valence-electron chi connectivity index (χ0n) is 10.8. The van der Waals surface area contributed by atoms with E-state index in [-0.39, 0.29) is 16.4 Å². The van der Waals surface area contributed by atoms with Crippen molar-refractivity contribution in [1.82, 2.24) is 4.72 Å². The fourth-order valence-corrected chi connectivity index (χ4v) is 4.03. The lowest BCUT2D eigenvalue weighted by atomic mass is 10.1. The van der Waals surface area contributed by atoms with Crippen LogP contribution in [0.3, 0.4) is 0 Å². The zero-order chi connectivity index (χ0) is 14.5. The minimum atomic E-state index is -3.87. The molecule has 1 aromatic heterocycles. The number of rotatable bonds is 8. The molecule has 1 aromatic rings. The number of aliphatic carboxylic acids is 1. The average Bonchev–Trinajstić information content (AvgIpc) is 2.83. The summed E-state index contributed by atoms with van der Waals surface area (Å²) in [4.78, 5) is 11.1. The van der Waals surface area contributed by atoms with Crippen molar-refractivity contribution in [2.45, 2.75) is 36.4 Å². The summed E-state index contributed by atoms with van der Waals surface area (Å²) in [6.45, 7) is 1.91. The molecule has 1 atom stereocenters. The van der Waals surface area contributed by atoms with E-state index in [1.807, 2.05) is 6.92 Å². The van der Waals surface area contributed by atoms with Crippen LogP contribution in [0.25, 0.3) is 0 Å². The van der Waals surface area contributed by atoms with Crippen LogP contribution in [0.5, 0.6) is 5.75 Å². The normalized spacial score (nSPS) is 13.2. The molecule has 19 heavy (non-hydrogen) atoms. The Morgan fingerprint density at radius 2 is 2.26 bits per heavy atom. The van der Waals surface area contributed by atoms with Crippen molar-refractivity contribution in [3.05, 3.63) is 11.4 Å². The van der Waals surface area contributed by atoms with Gasteiger partial charge in [-0.15, -0.1) is 11.3 Å². The monoisotopic (exact) mass is 307 g/mol. The topological polar surface area (TPSA) is 92.7 Å². The third kappa shape index (κ3) is 4.19. The van der Waals surface area contributed by atoms with Gasteiger partial charge in [-0.3, -0.25) is 4.79 Å². The highest BCUT2D eigenvalue weighted by Gasteiger charge is 2.28. The standard InChI is InChI=1S/C11H17NO5S2/c1-3-4-5-8(10(13)14)12-19(15,16)11-9(17-2)6-7-18-11/h6-8,12H,3-5H2,1-2H3,(H,13,14). The molecule has 0 amide bonds. The largest absolute Gasteiger partial charge is 0.494 e. The third-order valence-electron chi connectivity index (χ3n) is 2.50. The molecule has 0 aliphatic carbocycles. The minimum absolute atomic E-state index is 0.00208. The molecule has 0 aliphatic rings. The molecule has 1 heterocycles. The molecule has 6 nitrogen and oxygen atoms in total. The first kappa shape index (κ1) is 15.9. The molecular weight excluding hydrogens is 290 g/mol. The van der Waals surface area contributed by atoms with Crippen LogP contribution in [0.1, 0.15) is 26.2 Å². The highest BCUT2D eigenvalue weighted by atomic mass is 32.2. The van der Waals surface area contributed by atoms with Crippen LogP contribution < -0.4 is 9.46 Å². The van der Waals surface area contributed by atoms with Gasteiger partial charge in [0.05, 0.1) is 7.11 Å². The van der Waals surface area contributed by atoms with E-state index >= 15 is 0 Å². The van der Waals surface area contributed by atoms with E-state index in [4.69, 9.17) is 9.84 Å². The molecule has 8 heteroatoms. The van der Waals surface area contributed by atoms with E-state index in [9.17, 15) is 13.2 Å². The van der Waals surface area contributed by atoms with Crippen LogP contribution in [0.4, 0.5) is 0 Å². The Balaban J connectivity index is 2.91. The summed E-state index contributed by atoms with van der Waals surface area (Å²) in [6.07, 6.45) is 1.70. The van der Waals surface area contributed by atoms with Crippen molar-refractivity contribution in [3.8, 4) is 5.75 Å². The molecule has 0 aliphatic heterocycles. The minimum Gasteiger partial charge on any atom is -0.494 e. The summed E-state index contributed by atoms with van der Waals surface area (Å²) in [5.41, 5.74) is 0. The molecule has 0 spiro atoms. The summed E-state index contributed by atoms with van der Waals surface area (Å²) >= 11 is 0.990. The maximum absolute atomic E-state index is 12.1. The quantitative estimate of drug-likeness (QED) is 0.762. The van der Waals surface area contributed by atoms with Crippen molar-refractivity contribution in [2.24, 2.45) is 0 Å². The molecule has 0 aromatic carbocycles. The summed E-state index contributed by atoms with van der Waals surface area (Å²) < 4.78 is 31.4. The van der Waals surface area contributed by atoms with Gasteiger partial charge in [-0.05, 0) is 17.9 Å². The van der Waals surface area contributed by atoms with Crippen molar-refractivity contribution < 1.29 is 23.1 Å². The molecule has 0 bridgehead atoms. The maximum atomic E-state index is 12.1. The van der Waals surface area contributed by atoms with Gasteiger partial charge in [-0.1, -0.05) is 19.8 Å². The first-order chi connectivity index (χ1) is 8.92. The van der Waals surface area contributed by atoms with Gasteiger partial charge in [0.25, 0.3) is 10.0 Å². The van der Waals surface area contributed by atoms with E-state index in [1.165, 1.54) is 13.2 Å². The lowest BCUT2D eigenvalue weighted by molar-refractivity contribution is -0.139. The van der Waals surface area contributed by atoms with Crippen molar-refractivity contribution in [3.63, 3.8) is 0 Å². The lowest BCUT2D eigenvalue weighted by Gasteiger charge is -2.14. The van der Waals surface area contributed by atoms with Crippen molar-refractivity contribution in [2.75, 3.05) is 7.11 Å². The van der Waals surface area contributed by atoms with E-state index in [0.717, 1.165) is 17.8 Å². The second-order valence-electron chi connectivity index (χ2n) is 3.93. The maximum Gasteiger partial charge on any atom is 0.321 e. The molecular formula is C11H17NO5S2. The van der Waals surface area contributed by atoms with Crippen LogP contribution >= 0.6 is 11.3 Å². The molecule has 0 fully saturated rings. The van der Waals surface area contributed by atoms with Crippen molar-refractivity contribution in [1.29, 1.82) is 0 Å². The Labute approximate surface area is 116 Å². The Kier molecular flexibility index (Phi) is 5.77. The fraction of sp³-hybridized carbons (Fsp3) is 0.545. The Hall–Kier alpha value is -1.12. The number of carboxylic acids is 1. The van der Waals surface area contributed by atoms with Gasteiger partial charge in [0.15, 0.2) is 4.21 Å². The molecule has 108 valence electrons. The van der Waals surface area contributed by atoms with Gasteiger partial charge in [0, 0.05) is 0 Å². The van der Waals surface area contributed by atoms with Gasteiger partial charge in [-0.2, -0.15) is 4.72 Å². The first-order valence-corrected chi connectivity index (χ1v) is 8.15. The fourth-order valence-electron chi connectivity index (χ4n) is 1.51. The van der Waals surface area contributed by atoms with Crippen LogP contribution in [-0.2, 0) is 14.8 Å². The first-order valence-electron chi connectivity index (χ1n) is 5.79. The number of thiophene rings is 1. The Morgan fingerprint density at radius 3 is 2.79 bits per heavy atom. The predicted molar refractivity (Wildman–Crippen MR) is 72.1 cm³/mol. The number of nitrogens with one attached hydrogen (secondary N) is 1. The number of carboxylic acid groups (broad SMARTS) is 1. The summed E-state index contributed by atoms with van der Waals surface area (Å²) in [7, 11) is -2.50. The lowest BCUT2D eigenvalue weighted by Crippen LogP contribution is -2.40. The van der Waals surface area contributed by atoms with E-state index in [1.54, 1.807) is 5.38 Å². The number of hydrogen-bond acceptors (Lipinski definition) is 5. The number of ether oxygens (including phenoxy) is 1. The smallest absolute Gasteiger partial charge is 0.321 e. The number of methoxy groups -OCH3 is 1. The number of hydrogen-bond donors (Lipinski definition) is 2. The van der Waals surface area contributed by atoms with Crippen LogP contribution in [0, 0.1) is 0 Å². The van der Waals surface area contributed by atoms with Crippen LogP contribution in [0.15, 0.2) is 15.7 Å². The van der Waals surface area contributed by atoms with Gasteiger partial charge in [0.2, 0.25) is 0 Å². The average molecular weight is 307 g/mol.